The number of benzene rings is 2. The van der Waals surface area contributed by atoms with E-state index < -0.39 is 0 Å². The highest BCUT2D eigenvalue weighted by Crippen LogP contribution is 2.33. The Labute approximate surface area is 148 Å². The zero-order valence-corrected chi connectivity index (χ0v) is 17.0. The topological polar surface area (TPSA) is 23.5 Å². The van der Waals surface area contributed by atoms with Gasteiger partial charge in [-0.1, -0.05) is 59.2 Å². The van der Waals surface area contributed by atoms with Crippen LogP contribution in [0.1, 0.15) is 43.0 Å². The third kappa shape index (κ3) is 4.59. The fourth-order valence-corrected chi connectivity index (χ4v) is 4.23. The molecule has 130 valence electrons. The summed E-state index contributed by atoms with van der Waals surface area (Å²) >= 11 is 0. The Morgan fingerprint density at radius 1 is 0.958 bits per heavy atom. The molecule has 2 rings (SSSR count). The van der Waals surface area contributed by atoms with Gasteiger partial charge in [-0.05, 0) is 55.9 Å². The molecule has 0 radical (unpaired) electrons. The Morgan fingerprint density at radius 2 is 1.62 bits per heavy atom. The summed E-state index contributed by atoms with van der Waals surface area (Å²) in [5.74, 6) is 0.461. The van der Waals surface area contributed by atoms with Gasteiger partial charge in [0, 0.05) is 17.4 Å². The van der Waals surface area contributed by atoms with Crippen molar-refractivity contribution in [3.8, 4) is 5.75 Å². The van der Waals surface area contributed by atoms with Gasteiger partial charge in [0.2, 0.25) is 0 Å². The van der Waals surface area contributed by atoms with Gasteiger partial charge >= 0.3 is 0 Å². The van der Waals surface area contributed by atoms with Crippen molar-refractivity contribution in [3.63, 3.8) is 0 Å². The van der Waals surface area contributed by atoms with Crippen molar-refractivity contribution in [1.82, 2.24) is 4.90 Å². The molecule has 1 unspecified atom stereocenters. The number of nitrogens with zero attached hydrogens (tertiary/aromatic N) is 1. The fraction of sp³-hybridized carbons (Fsp3) is 0.429. The normalized spacial score (nSPS) is 12.5. The molecule has 2 aromatic carbocycles. The van der Waals surface area contributed by atoms with Crippen LogP contribution in [-0.4, -0.2) is 24.1 Å². The van der Waals surface area contributed by atoms with Crippen LogP contribution in [0.25, 0.3) is 0 Å². The smallest absolute Gasteiger partial charge is 0.127 e. The first kappa shape index (κ1) is 19.0. The van der Waals surface area contributed by atoms with E-state index in [0.717, 1.165) is 17.4 Å². The van der Waals surface area contributed by atoms with Crippen LogP contribution < -0.4 is 10.6 Å². The van der Waals surface area contributed by atoms with Crippen LogP contribution in [0.2, 0.25) is 0 Å². The average Bonchev–Trinajstić information content (AvgIpc) is 2.43. The molecular formula is C21H30NOP. The van der Waals surface area contributed by atoms with Crippen molar-refractivity contribution < 1.29 is 5.11 Å². The van der Waals surface area contributed by atoms with Crippen molar-refractivity contribution >= 4 is 19.2 Å². The average molecular weight is 343 g/mol. The highest BCUT2D eigenvalue weighted by molar-refractivity contribution is 7.55. The summed E-state index contributed by atoms with van der Waals surface area (Å²) in [5, 5.41) is 13.2. The van der Waals surface area contributed by atoms with Gasteiger partial charge < -0.3 is 10.0 Å². The summed E-state index contributed by atoms with van der Waals surface area (Å²) in [6.07, 6.45) is 0. The highest BCUT2D eigenvalue weighted by Gasteiger charge is 2.21. The van der Waals surface area contributed by atoms with E-state index in [-0.39, 0.29) is 5.41 Å². The largest absolute Gasteiger partial charge is 0.507 e. The number of phenols is 1. The van der Waals surface area contributed by atoms with Gasteiger partial charge in [-0.25, -0.2) is 0 Å². The molecule has 0 aliphatic carbocycles. The predicted molar refractivity (Wildman–Crippen MR) is 108 cm³/mol. The van der Waals surface area contributed by atoms with Crippen LogP contribution >= 0.6 is 8.58 Å². The number of hydrogen-bond donors (Lipinski definition) is 1. The quantitative estimate of drug-likeness (QED) is 0.848. The molecule has 0 amide bonds. The summed E-state index contributed by atoms with van der Waals surface area (Å²) < 4.78 is 0. The third-order valence-electron chi connectivity index (χ3n) is 4.08. The van der Waals surface area contributed by atoms with Crippen molar-refractivity contribution in [2.45, 2.75) is 46.6 Å². The zero-order valence-electron chi connectivity index (χ0n) is 16.0. The van der Waals surface area contributed by atoms with E-state index in [1.165, 1.54) is 22.0 Å². The Kier molecular flexibility index (Phi) is 5.73. The maximum atomic E-state index is 10.8. The summed E-state index contributed by atoms with van der Waals surface area (Å²) in [6.45, 7) is 11.6. The minimum atomic E-state index is -0.0604. The summed E-state index contributed by atoms with van der Waals surface area (Å²) in [5.41, 5.74) is 4.81. The molecule has 0 aliphatic heterocycles. The lowest BCUT2D eigenvalue weighted by Gasteiger charge is -2.23. The van der Waals surface area contributed by atoms with E-state index in [9.17, 15) is 5.11 Å². The molecule has 24 heavy (non-hydrogen) atoms. The number of hydrogen-bond acceptors (Lipinski definition) is 2. The first-order chi connectivity index (χ1) is 11.1. The molecule has 0 aliphatic rings. The molecule has 0 spiro atoms. The van der Waals surface area contributed by atoms with Crippen LogP contribution in [0.5, 0.6) is 5.75 Å². The monoisotopic (exact) mass is 343 g/mol. The van der Waals surface area contributed by atoms with Gasteiger partial charge in [0.05, 0.1) is 0 Å². The minimum absolute atomic E-state index is 0.0604. The van der Waals surface area contributed by atoms with E-state index in [4.69, 9.17) is 0 Å². The van der Waals surface area contributed by atoms with Crippen LogP contribution in [0.4, 0.5) is 0 Å². The fourth-order valence-electron chi connectivity index (χ4n) is 2.91. The molecule has 0 fully saturated rings. The molecule has 0 saturated carbocycles. The molecule has 2 aromatic rings. The van der Waals surface area contributed by atoms with Gasteiger partial charge in [0.1, 0.15) is 5.75 Å². The molecular weight excluding hydrogens is 313 g/mol. The van der Waals surface area contributed by atoms with E-state index in [0.29, 0.717) is 14.3 Å². The molecule has 0 bridgehead atoms. The summed E-state index contributed by atoms with van der Waals surface area (Å²) in [6, 6.07) is 10.9. The molecule has 2 nitrogen and oxygen atoms in total. The number of aryl methyl sites for hydroxylation is 2. The molecule has 3 heteroatoms. The van der Waals surface area contributed by atoms with E-state index in [1.807, 2.05) is 0 Å². The second-order valence-corrected chi connectivity index (χ2v) is 9.31. The lowest BCUT2D eigenvalue weighted by atomic mass is 9.85. The first-order valence-corrected chi connectivity index (χ1v) is 9.43. The number of aromatic hydroxyl groups is 1. The van der Waals surface area contributed by atoms with Crippen molar-refractivity contribution in [2.24, 2.45) is 0 Å². The first-order valence-electron chi connectivity index (χ1n) is 8.43. The van der Waals surface area contributed by atoms with Gasteiger partial charge in [-0.2, -0.15) is 0 Å². The maximum Gasteiger partial charge on any atom is 0.127 e. The van der Waals surface area contributed by atoms with Gasteiger partial charge in [-0.3, -0.25) is 0 Å². The van der Waals surface area contributed by atoms with Crippen molar-refractivity contribution in [3.05, 3.63) is 52.6 Å². The number of phenolic OH excluding ortho intramolecular Hbond substituents is 1. The zero-order chi connectivity index (χ0) is 18.1. The van der Waals surface area contributed by atoms with Gasteiger partial charge in [-0.15, -0.1) is 0 Å². The standard InChI is InChI=1S/C21H30NOP/c1-14-8-9-18(16(10-14)13-22(6)7)24-19-12-15(2)11-17(20(19)23)21(3,4)5/h8-12,23-24H,13H2,1-7H3. The Morgan fingerprint density at radius 3 is 2.21 bits per heavy atom. The molecule has 0 saturated heterocycles. The van der Waals surface area contributed by atoms with Crippen LogP contribution in [0, 0.1) is 13.8 Å². The second-order valence-electron chi connectivity index (χ2n) is 7.98. The SMILES string of the molecule is Cc1ccc(Pc2cc(C)cc(C(C)(C)C)c2O)c(CN(C)C)c1. The lowest BCUT2D eigenvalue weighted by molar-refractivity contribution is 0.403. The van der Waals surface area contributed by atoms with Gasteiger partial charge in [0.15, 0.2) is 0 Å². The Hall–Kier alpha value is -1.37. The summed E-state index contributed by atoms with van der Waals surface area (Å²) in [7, 11) is 4.65. The molecule has 0 heterocycles. The third-order valence-corrected chi connectivity index (χ3v) is 5.49. The summed E-state index contributed by atoms with van der Waals surface area (Å²) in [4.78, 5) is 2.19. The van der Waals surface area contributed by atoms with Crippen molar-refractivity contribution in [2.75, 3.05) is 14.1 Å². The highest BCUT2D eigenvalue weighted by atomic mass is 31.1. The van der Waals surface area contributed by atoms with Crippen molar-refractivity contribution in [1.29, 1.82) is 0 Å². The second kappa shape index (κ2) is 7.25. The predicted octanol–water partition coefficient (Wildman–Crippen LogP) is 4.00. The van der Waals surface area contributed by atoms with E-state index in [1.54, 1.807) is 0 Å². The maximum absolute atomic E-state index is 10.8. The van der Waals surface area contributed by atoms with E-state index in [2.05, 4.69) is 83.9 Å². The van der Waals surface area contributed by atoms with E-state index >= 15 is 0 Å². The van der Waals surface area contributed by atoms with Crippen LogP contribution in [0.3, 0.4) is 0 Å². The van der Waals surface area contributed by atoms with Crippen LogP contribution in [-0.2, 0) is 12.0 Å². The molecule has 1 atom stereocenters. The Bertz CT molecular complexity index is 729. The molecule has 1 N–H and O–H groups in total. The Balaban J connectivity index is 2.47. The lowest BCUT2D eigenvalue weighted by Crippen LogP contribution is -2.19. The van der Waals surface area contributed by atoms with Crippen LogP contribution in [0.15, 0.2) is 30.3 Å². The molecule has 0 aromatic heterocycles. The number of rotatable bonds is 4. The van der Waals surface area contributed by atoms with Gasteiger partial charge in [0.25, 0.3) is 0 Å². The minimum Gasteiger partial charge on any atom is -0.507 e.